The van der Waals surface area contributed by atoms with Crippen molar-refractivity contribution in [2.75, 3.05) is 32.7 Å². The van der Waals surface area contributed by atoms with Gasteiger partial charge in [-0.3, -0.25) is 5.01 Å². The third kappa shape index (κ3) is 3.73. The van der Waals surface area contributed by atoms with Crippen LogP contribution < -0.4 is 5.32 Å². The molecule has 2 saturated heterocycles. The van der Waals surface area contributed by atoms with Gasteiger partial charge in [0.05, 0.1) is 6.33 Å². The molecule has 3 aliphatic heterocycles. The monoisotopic (exact) mass is 389 g/mol. The van der Waals surface area contributed by atoms with Gasteiger partial charge >= 0.3 is 6.09 Å². The average Bonchev–Trinajstić information content (AvgIpc) is 3.30. The third-order valence-corrected chi connectivity index (χ3v) is 5.51. The Morgan fingerprint density at radius 1 is 1.25 bits per heavy atom. The molecule has 154 valence electrons. The Morgan fingerprint density at radius 3 is 2.64 bits per heavy atom. The van der Waals surface area contributed by atoms with Gasteiger partial charge in [-0.05, 0) is 40.2 Å². The summed E-state index contributed by atoms with van der Waals surface area (Å²) in [7, 11) is 1.98. The number of nitrogens with zero attached hydrogens (tertiary/aromatic N) is 6. The Hall–Kier alpha value is -2.13. The largest absolute Gasteiger partial charge is 0.444 e. The van der Waals surface area contributed by atoms with Crippen molar-refractivity contribution in [3.8, 4) is 0 Å². The number of piperazine rings is 1. The molecule has 4 rings (SSSR count). The molecular formula is C19H31N7O2. The molecule has 3 aliphatic rings. The fraction of sp³-hybridized carbons (Fsp3) is 0.737. The maximum Gasteiger partial charge on any atom is 0.410 e. The molecule has 0 spiro atoms. The van der Waals surface area contributed by atoms with Crippen LogP contribution in [0, 0.1) is 0 Å². The van der Waals surface area contributed by atoms with E-state index in [1.807, 2.05) is 45.1 Å². The fourth-order valence-electron chi connectivity index (χ4n) is 4.16. The maximum absolute atomic E-state index is 12.4. The number of imidazole rings is 1. The highest BCUT2D eigenvalue weighted by Crippen LogP contribution is 2.37. The van der Waals surface area contributed by atoms with Crippen LogP contribution in [0.2, 0.25) is 0 Å². The molecule has 2 fully saturated rings. The number of carbonyl (C=O) groups excluding carboxylic acids is 1. The predicted molar refractivity (Wildman–Crippen MR) is 106 cm³/mol. The van der Waals surface area contributed by atoms with Gasteiger partial charge in [0.2, 0.25) is 0 Å². The first-order valence-electron chi connectivity index (χ1n) is 10.1. The maximum atomic E-state index is 12.4. The molecule has 2 unspecified atom stereocenters. The highest BCUT2D eigenvalue weighted by atomic mass is 16.6. The first kappa shape index (κ1) is 19.2. The molecule has 0 aromatic carbocycles. The molecule has 9 nitrogen and oxygen atoms in total. The highest BCUT2D eigenvalue weighted by Gasteiger charge is 2.39. The van der Waals surface area contributed by atoms with Gasteiger partial charge < -0.3 is 19.5 Å². The molecule has 0 radical (unpaired) electrons. The van der Waals surface area contributed by atoms with Crippen molar-refractivity contribution in [2.24, 2.45) is 12.0 Å². The predicted octanol–water partition coefficient (Wildman–Crippen LogP) is 1.66. The van der Waals surface area contributed by atoms with Crippen LogP contribution in [0.3, 0.4) is 0 Å². The minimum Gasteiger partial charge on any atom is -0.444 e. The number of hydrazine groups is 1. The van der Waals surface area contributed by atoms with Gasteiger partial charge in [0, 0.05) is 39.3 Å². The second kappa shape index (κ2) is 7.36. The van der Waals surface area contributed by atoms with Gasteiger partial charge in [0.15, 0.2) is 5.82 Å². The summed E-state index contributed by atoms with van der Waals surface area (Å²) >= 11 is 0. The summed E-state index contributed by atoms with van der Waals surface area (Å²) in [5.74, 6) is 0.933. The molecule has 1 aromatic heterocycles. The van der Waals surface area contributed by atoms with Crippen molar-refractivity contribution in [1.82, 2.24) is 29.8 Å². The summed E-state index contributed by atoms with van der Waals surface area (Å²) in [4.78, 5) is 23.5. The van der Waals surface area contributed by atoms with E-state index in [4.69, 9.17) is 4.74 Å². The van der Waals surface area contributed by atoms with E-state index in [1.54, 1.807) is 4.90 Å². The third-order valence-electron chi connectivity index (χ3n) is 5.51. The smallest absolute Gasteiger partial charge is 0.410 e. The number of amides is 1. The second-order valence-corrected chi connectivity index (χ2v) is 8.76. The molecule has 1 aromatic rings. The van der Waals surface area contributed by atoms with Crippen LogP contribution in [0.15, 0.2) is 11.3 Å². The lowest BCUT2D eigenvalue weighted by Gasteiger charge is -2.45. The summed E-state index contributed by atoms with van der Waals surface area (Å²) in [6.07, 6.45) is 5.84. The Balaban J connectivity index is 1.47. The number of aliphatic imine (C=N–C) groups is 1. The van der Waals surface area contributed by atoms with E-state index in [0.29, 0.717) is 19.1 Å². The van der Waals surface area contributed by atoms with E-state index in [-0.39, 0.29) is 12.1 Å². The van der Waals surface area contributed by atoms with E-state index >= 15 is 0 Å². The molecular weight excluding hydrogens is 358 g/mol. The number of aromatic nitrogens is 2. The summed E-state index contributed by atoms with van der Waals surface area (Å²) in [6.45, 7) is 9.51. The lowest BCUT2D eigenvalue weighted by Crippen LogP contribution is -2.58. The van der Waals surface area contributed by atoms with Crippen LogP contribution in [-0.4, -0.2) is 81.3 Å². The Bertz CT molecular complexity index is 740. The van der Waals surface area contributed by atoms with Crippen molar-refractivity contribution < 1.29 is 9.53 Å². The topological polar surface area (TPSA) is 78.2 Å². The van der Waals surface area contributed by atoms with Crippen molar-refractivity contribution in [3.05, 3.63) is 12.0 Å². The van der Waals surface area contributed by atoms with Crippen LogP contribution in [0.1, 0.15) is 45.3 Å². The van der Waals surface area contributed by atoms with Crippen molar-refractivity contribution in [3.63, 3.8) is 0 Å². The van der Waals surface area contributed by atoms with Crippen LogP contribution >= 0.6 is 0 Å². The average molecular weight is 390 g/mol. The number of fused-ring (bicyclic) bond motifs is 1. The Kier molecular flexibility index (Phi) is 5.05. The standard InChI is InChI=1S/C19H31N7O2/c1-19(2,3)28-18(27)24-8-10-25(11-9-24)26-13-22-17-15(21-12-23(17)4)16(26)14-6-5-7-20-14/h12-14,16,20H,5-11H2,1-4H3. The number of hydrogen-bond acceptors (Lipinski definition) is 7. The number of carbonyl (C=O) groups is 1. The normalized spacial score (nSPS) is 25.9. The summed E-state index contributed by atoms with van der Waals surface area (Å²) < 4.78 is 7.49. The zero-order valence-corrected chi connectivity index (χ0v) is 17.3. The lowest BCUT2D eigenvalue weighted by molar-refractivity contribution is -0.0442. The molecule has 9 heteroatoms. The van der Waals surface area contributed by atoms with Crippen LogP contribution in [0.4, 0.5) is 10.6 Å². The van der Waals surface area contributed by atoms with Gasteiger partial charge in [-0.2, -0.15) is 0 Å². The number of rotatable bonds is 2. The van der Waals surface area contributed by atoms with E-state index in [9.17, 15) is 4.79 Å². The number of aryl methyl sites for hydroxylation is 1. The quantitative estimate of drug-likeness (QED) is 0.829. The van der Waals surface area contributed by atoms with E-state index in [0.717, 1.165) is 37.6 Å². The number of ether oxygens (including phenoxy) is 1. The van der Waals surface area contributed by atoms with Crippen LogP contribution in [-0.2, 0) is 11.8 Å². The van der Waals surface area contributed by atoms with Gasteiger partial charge in [0.25, 0.3) is 0 Å². The summed E-state index contributed by atoms with van der Waals surface area (Å²) in [5, 5.41) is 8.15. The number of hydrogen-bond donors (Lipinski definition) is 1. The number of nitrogens with one attached hydrogen (secondary N) is 1. The Labute approximate surface area is 166 Å². The van der Waals surface area contributed by atoms with Crippen molar-refractivity contribution >= 4 is 18.2 Å². The van der Waals surface area contributed by atoms with Gasteiger partial charge in [-0.15, -0.1) is 0 Å². The molecule has 0 bridgehead atoms. The summed E-state index contributed by atoms with van der Waals surface area (Å²) in [6, 6.07) is 0.480. The molecule has 2 atom stereocenters. The van der Waals surface area contributed by atoms with E-state index < -0.39 is 5.60 Å². The molecule has 0 aliphatic carbocycles. The van der Waals surface area contributed by atoms with E-state index in [1.165, 1.54) is 6.42 Å². The lowest BCUT2D eigenvalue weighted by atomic mass is 10.0. The van der Waals surface area contributed by atoms with Gasteiger partial charge in [-0.1, -0.05) is 0 Å². The highest BCUT2D eigenvalue weighted by molar-refractivity contribution is 5.68. The van der Waals surface area contributed by atoms with Crippen LogP contribution in [0.5, 0.6) is 0 Å². The molecule has 1 amide bonds. The second-order valence-electron chi connectivity index (χ2n) is 8.76. The van der Waals surface area contributed by atoms with E-state index in [2.05, 4.69) is 25.3 Å². The fourth-order valence-corrected chi connectivity index (χ4v) is 4.16. The minimum atomic E-state index is -0.470. The molecule has 28 heavy (non-hydrogen) atoms. The Morgan fingerprint density at radius 2 is 2.00 bits per heavy atom. The molecule has 4 heterocycles. The van der Waals surface area contributed by atoms with Crippen LogP contribution in [0.25, 0.3) is 0 Å². The van der Waals surface area contributed by atoms with Crippen molar-refractivity contribution in [1.29, 1.82) is 0 Å². The van der Waals surface area contributed by atoms with Gasteiger partial charge in [-0.25, -0.2) is 19.8 Å². The molecule has 0 saturated carbocycles. The zero-order chi connectivity index (χ0) is 19.9. The van der Waals surface area contributed by atoms with Gasteiger partial charge in [0.1, 0.15) is 23.7 Å². The first-order valence-corrected chi connectivity index (χ1v) is 10.1. The molecule has 1 N–H and O–H groups in total. The minimum absolute atomic E-state index is 0.129. The first-order chi connectivity index (χ1) is 13.3. The SMILES string of the molecule is Cn1cnc2c1N=CN(N1CCN(C(=O)OC(C)(C)C)CC1)C2C1CCCN1. The zero-order valence-electron chi connectivity index (χ0n) is 17.3. The van der Waals surface area contributed by atoms with Crippen molar-refractivity contribution in [2.45, 2.75) is 51.3 Å². The summed E-state index contributed by atoms with van der Waals surface area (Å²) in [5.41, 5.74) is 0.557.